The minimum Gasteiger partial charge on any atom is -0.265 e. The monoisotopic (exact) mass is 381 g/mol. The van der Waals surface area contributed by atoms with Gasteiger partial charge in [-0.2, -0.15) is 0 Å². The number of halogens is 1. The highest BCUT2D eigenvalue weighted by atomic mass is 79.9. The van der Waals surface area contributed by atoms with Crippen molar-refractivity contribution in [2.24, 2.45) is 0 Å². The minimum atomic E-state index is 1.18. The van der Waals surface area contributed by atoms with E-state index in [1.807, 2.05) is 12.4 Å². The molecule has 0 radical (unpaired) electrons. The molecule has 2 heteroatoms. The van der Waals surface area contributed by atoms with Gasteiger partial charge in [0, 0.05) is 17.7 Å². The van der Waals surface area contributed by atoms with E-state index in [0.29, 0.717) is 0 Å². The summed E-state index contributed by atoms with van der Waals surface area (Å²) < 4.78 is 0. The van der Waals surface area contributed by atoms with Crippen molar-refractivity contribution in [3.05, 3.63) is 30.1 Å². The number of hydrogen-bond acceptors (Lipinski definition) is 1. The standard InChI is InChI=1S/C21H36BrN/c22-18-14-12-10-8-6-4-2-1-3-5-7-9-11-13-15-21-16-19-23-20-17-21/h16-17,19-20H,1-15,18H2. The van der Waals surface area contributed by atoms with Crippen LogP contribution in [0.15, 0.2) is 24.5 Å². The Morgan fingerprint density at radius 1 is 0.565 bits per heavy atom. The maximum atomic E-state index is 4.06. The van der Waals surface area contributed by atoms with E-state index < -0.39 is 0 Å². The number of rotatable bonds is 16. The number of nitrogens with zero attached hydrogens (tertiary/aromatic N) is 1. The van der Waals surface area contributed by atoms with Crippen LogP contribution >= 0.6 is 15.9 Å². The van der Waals surface area contributed by atoms with Gasteiger partial charge >= 0.3 is 0 Å². The van der Waals surface area contributed by atoms with Gasteiger partial charge in [0.05, 0.1) is 0 Å². The van der Waals surface area contributed by atoms with E-state index in [0.717, 1.165) is 0 Å². The molecule has 1 nitrogen and oxygen atoms in total. The molecule has 0 aliphatic carbocycles. The zero-order valence-electron chi connectivity index (χ0n) is 14.9. The highest BCUT2D eigenvalue weighted by Crippen LogP contribution is 2.14. The normalized spacial score (nSPS) is 11.0. The van der Waals surface area contributed by atoms with Gasteiger partial charge in [-0.1, -0.05) is 93.0 Å². The number of alkyl halides is 1. The number of unbranched alkanes of at least 4 members (excludes halogenated alkanes) is 13. The van der Waals surface area contributed by atoms with Crippen molar-refractivity contribution in [1.29, 1.82) is 0 Å². The Balaban J connectivity index is 1.72. The lowest BCUT2D eigenvalue weighted by molar-refractivity contribution is 0.536. The minimum absolute atomic E-state index is 1.18. The van der Waals surface area contributed by atoms with Crippen LogP contribution in [0.3, 0.4) is 0 Å². The first-order valence-electron chi connectivity index (χ1n) is 9.88. The Kier molecular flexibility index (Phi) is 14.8. The average Bonchev–Trinajstić information content (AvgIpc) is 2.59. The molecule has 0 saturated heterocycles. The average molecular weight is 382 g/mol. The summed E-state index contributed by atoms with van der Waals surface area (Å²) in [6.45, 7) is 0. The largest absolute Gasteiger partial charge is 0.265 e. The van der Waals surface area contributed by atoms with Gasteiger partial charge in [0.1, 0.15) is 0 Å². The Labute approximate surface area is 152 Å². The quantitative estimate of drug-likeness (QED) is 0.213. The molecule has 0 saturated carbocycles. The molecule has 0 bridgehead atoms. The van der Waals surface area contributed by atoms with Gasteiger partial charge < -0.3 is 0 Å². The van der Waals surface area contributed by atoms with Crippen molar-refractivity contribution in [2.75, 3.05) is 5.33 Å². The smallest absolute Gasteiger partial charge is 0.0270 e. The first-order valence-corrected chi connectivity index (χ1v) is 11.0. The molecule has 1 aromatic rings. The molecule has 1 aromatic heterocycles. The Hall–Kier alpha value is -0.370. The molecule has 1 heterocycles. The lowest BCUT2D eigenvalue weighted by Gasteiger charge is -2.03. The molecular weight excluding hydrogens is 346 g/mol. The topological polar surface area (TPSA) is 12.9 Å². The molecule has 0 N–H and O–H groups in total. The number of hydrogen-bond donors (Lipinski definition) is 0. The lowest BCUT2D eigenvalue weighted by atomic mass is 10.0. The SMILES string of the molecule is BrCCCCCCCCCCCCCCCCc1ccncc1. The molecule has 0 fully saturated rings. The van der Waals surface area contributed by atoms with E-state index in [2.05, 4.69) is 33.0 Å². The summed E-state index contributed by atoms with van der Waals surface area (Å²) in [4.78, 5) is 4.06. The predicted octanol–water partition coefficient (Wildman–Crippen LogP) is 7.48. The molecule has 0 aliphatic rings. The third-order valence-corrected chi connectivity index (χ3v) is 5.16. The molecular formula is C21H36BrN. The molecule has 1 rings (SSSR count). The molecule has 0 aliphatic heterocycles. The van der Waals surface area contributed by atoms with E-state index in [-0.39, 0.29) is 0 Å². The summed E-state index contributed by atoms with van der Waals surface area (Å²) in [5.74, 6) is 0. The number of aryl methyl sites for hydroxylation is 1. The van der Waals surface area contributed by atoms with Gasteiger partial charge in [0.25, 0.3) is 0 Å². The van der Waals surface area contributed by atoms with Crippen LogP contribution in [0.4, 0.5) is 0 Å². The van der Waals surface area contributed by atoms with Crippen LogP contribution in [0.1, 0.15) is 95.5 Å². The van der Waals surface area contributed by atoms with E-state index >= 15 is 0 Å². The summed E-state index contributed by atoms with van der Waals surface area (Å²) in [6.07, 6.45) is 25.0. The zero-order valence-corrected chi connectivity index (χ0v) is 16.5. The van der Waals surface area contributed by atoms with Gasteiger partial charge in [-0.3, -0.25) is 4.98 Å². The third kappa shape index (κ3) is 13.7. The van der Waals surface area contributed by atoms with Crippen molar-refractivity contribution < 1.29 is 0 Å². The Bertz CT molecular complexity index is 339. The fourth-order valence-corrected chi connectivity index (χ4v) is 3.49. The molecule has 0 atom stereocenters. The van der Waals surface area contributed by atoms with Crippen LogP contribution in [0, 0.1) is 0 Å². The van der Waals surface area contributed by atoms with Crippen LogP contribution in [0.25, 0.3) is 0 Å². The maximum Gasteiger partial charge on any atom is 0.0270 e. The summed E-state index contributed by atoms with van der Waals surface area (Å²) in [5, 5.41) is 1.18. The first kappa shape index (κ1) is 20.7. The molecule has 0 spiro atoms. The highest BCUT2D eigenvalue weighted by molar-refractivity contribution is 9.09. The van der Waals surface area contributed by atoms with Crippen LogP contribution < -0.4 is 0 Å². The van der Waals surface area contributed by atoms with E-state index in [1.54, 1.807) is 0 Å². The van der Waals surface area contributed by atoms with Crippen LogP contribution in [-0.4, -0.2) is 10.3 Å². The highest BCUT2D eigenvalue weighted by Gasteiger charge is 1.95. The summed E-state index contributed by atoms with van der Waals surface area (Å²) >= 11 is 3.50. The van der Waals surface area contributed by atoms with E-state index in [9.17, 15) is 0 Å². The predicted molar refractivity (Wildman–Crippen MR) is 106 cm³/mol. The number of pyridine rings is 1. The summed E-state index contributed by atoms with van der Waals surface area (Å²) in [7, 11) is 0. The zero-order chi connectivity index (χ0) is 16.4. The Morgan fingerprint density at radius 3 is 1.39 bits per heavy atom. The molecule has 132 valence electrons. The van der Waals surface area contributed by atoms with E-state index in [4.69, 9.17) is 0 Å². The second-order valence-corrected chi connectivity index (χ2v) is 7.54. The molecule has 0 amide bonds. The second-order valence-electron chi connectivity index (χ2n) is 6.74. The van der Waals surface area contributed by atoms with Crippen LogP contribution in [0.5, 0.6) is 0 Å². The molecule has 23 heavy (non-hydrogen) atoms. The molecule has 0 aromatic carbocycles. The van der Waals surface area contributed by atoms with E-state index in [1.165, 1.54) is 107 Å². The van der Waals surface area contributed by atoms with Crippen molar-refractivity contribution >= 4 is 15.9 Å². The van der Waals surface area contributed by atoms with Crippen molar-refractivity contribution in [2.45, 2.75) is 96.3 Å². The van der Waals surface area contributed by atoms with Gasteiger partial charge in [-0.25, -0.2) is 0 Å². The van der Waals surface area contributed by atoms with Crippen molar-refractivity contribution in [3.8, 4) is 0 Å². The lowest BCUT2D eigenvalue weighted by Crippen LogP contribution is -1.87. The fourth-order valence-electron chi connectivity index (χ4n) is 3.09. The number of aromatic nitrogens is 1. The van der Waals surface area contributed by atoms with Gasteiger partial charge in [-0.15, -0.1) is 0 Å². The van der Waals surface area contributed by atoms with Crippen LogP contribution in [-0.2, 0) is 6.42 Å². The summed E-state index contributed by atoms with van der Waals surface area (Å²) in [5.41, 5.74) is 1.44. The molecule has 0 unspecified atom stereocenters. The fraction of sp³-hybridized carbons (Fsp3) is 0.762. The maximum absolute atomic E-state index is 4.06. The second kappa shape index (κ2) is 16.5. The van der Waals surface area contributed by atoms with Crippen LogP contribution in [0.2, 0.25) is 0 Å². The van der Waals surface area contributed by atoms with Crippen molar-refractivity contribution in [1.82, 2.24) is 4.98 Å². The third-order valence-electron chi connectivity index (χ3n) is 4.60. The Morgan fingerprint density at radius 2 is 0.957 bits per heavy atom. The van der Waals surface area contributed by atoms with Crippen molar-refractivity contribution in [3.63, 3.8) is 0 Å². The van der Waals surface area contributed by atoms with Gasteiger partial charge in [0.15, 0.2) is 0 Å². The summed E-state index contributed by atoms with van der Waals surface area (Å²) in [6, 6.07) is 4.28. The first-order chi connectivity index (χ1) is 11.4. The van der Waals surface area contributed by atoms with Gasteiger partial charge in [0.2, 0.25) is 0 Å². The van der Waals surface area contributed by atoms with Gasteiger partial charge in [-0.05, 0) is 37.0 Å².